The van der Waals surface area contributed by atoms with E-state index in [0.717, 1.165) is 12.1 Å². The van der Waals surface area contributed by atoms with Gasteiger partial charge in [0.05, 0.1) is 5.56 Å². The van der Waals surface area contributed by atoms with E-state index >= 15 is 0 Å². The van der Waals surface area contributed by atoms with Crippen LogP contribution in [0.3, 0.4) is 0 Å². The van der Waals surface area contributed by atoms with Crippen LogP contribution in [0, 0.1) is 6.92 Å². The maximum atomic E-state index is 13.0. The third kappa shape index (κ3) is 4.42. The van der Waals surface area contributed by atoms with Crippen molar-refractivity contribution in [2.24, 2.45) is 5.11 Å². The van der Waals surface area contributed by atoms with Crippen LogP contribution < -0.4 is 5.46 Å². The van der Waals surface area contributed by atoms with E-state index in [4.69, 9.17) is 10.3 Å². The highest BCUT2D eigenvalue weighted by molar-refractivity contribution is 6.74. The number of azide groups is 1. The van der Waals surface area contributed by atoms with Gasteiger partial charge in [0.25, 0.3) is 0 Å². The maximum absolute atomic E-state index is 13.0. The van der Waals surface area contributed by atoms with Crippen LogP contribution in [0.5, 0.6) is 0 Å². The van der Waals surface area contributed by atoms with Gasteiger partial charge in [-0.1, -0.05) is 16.7 Å². The summed E-state index contributed by atoms with van der Waals surface area (Å²) in [5, 5.41) is 3.14. The molecule has 0 spiro atoms. The monoisotopic (exact) mass is 300 g/mol. The van der Waals surface area contributed by atoms with Crippen LogP contribution in [0.1, 0.15) is 36.7 Å². The molecule has 0 N–H and O–H groups in total. The van der Waals surface area contributed by atoms with Gasteiger partial charge < -0.3 is 17.7 Å². The molecule has 1 rings (SSSR count). The van der Waals surface area contributed by atoms with Gasteiger partial charge >= 0.3 is 12.9 Å². The Bertz CT molecular complexity index is 617. The molecule has 5 nitrogen and oxygen atoms in total. The molecular weight excluding hydrogens is 286 g/mol. The molecule has 0 atom stereocenters. The van der Waals surface area contributed by atoms with E-state index in [0.29, 0.717) is 0 Å². The number of halogens is 3. The fourth-order valence-electron chi connectivity index (χ4n) is 1.72. The van der Waals surface area contributed by atoms with Crippen molar-refractivity contribution in [3.63, 3.8) is 0 Å². The van der Waals surface area contributed by atoms with Crippen LogP contribution in [0.25, 0.3) is 10.4 Å². The Hall–Kier alpha value is -2.15. The minimum Gasteiger partial charge on any atom is -0.456 e. The average molecular weight is 300 g/mol. The molecule has 114 valence electrons. The van der Waals surface area contributed by atoms with Crippen molar-refractivity contribution in [1.29, 1.82) is 0 Å². The Morgan fingerprint density at radius 3 is 2.33 bits per heavy atom. The van der Waals surface area contributed by atoms with E-state index in [1.54, 1.807) is 20.8 Å². The number of carbonyl (C=O) groups is 1. The summed E-state index contributed by atoms with van der Waals surface area (Å²) in [6.07, 6.45) is 0. The van der Waals surface area contributed by atoms with E-state index in [1.807, 2.05) is 0 Å². The zero-order chi connectivity index (χ0) is 16.4. The maximum Gasteiger partial charge on any atom is 0.509 e. The second-order valence-electron chi connectivity index (χ2n) is 5.47. The molecule has 0 saturated carbocycles. The lowest BCUT2D eigenvalue weighted by Gasteiger charge is -2.23. The standard InChI is InChI=1S/C12H14BF3N3O2/c1-7-9(11(20)21-12(2,3)4)5-8(18-19-17)6-10(7)13(14,15)16/h5-6H,1-4H3/q-1. The molecule has 0 aliphatic rings. The summed E-state index contributed by atoms with van der Waals surface area (Å²) in [4.78, 5) is 14.4. The van der Waals surface area contributed by atoms with Gasteiger partial charge in [-0.2, -0.15) is 0 Å². The fourth-order valence-corrected chi connectivity index (χ4v) is 1.72. The Balaban J connectivity index is 3.47. The summed E-state index contributed by atoms with van der Waals surface area (Å²) in [7, 11) is 0. The molecule has 1 aromatic carbocycles. The summed E-state index contributed by atoms with van der Waals surface area (Å²) >= 11 is 0. The van der Waals surface area contributed by atoms with Gasteiger partial charge in [0.1, 0.15) is 5.60 Å². The Morgan fingerprint density at radius 1 is 1.33 bits per heavy atom. The minimum absolute atomic E-state index is 0.242. The fraction of sp³-hybridized carbons (Fsp3) is 0.417. The first-order chi connectivity index (χ1) is 9.45. The normalized spacial score (nSPS) is 11.8. The van der Waals surface area contributed by atoms with Crippen molar-refractivity contribution in [1.82, 2.24) is 0 Å². The number of esters is 1. The topological polar surface area (TPSA) is 75.1 Å². The summed E-state index contributed by atoms with van der Waals surface area (Å²) in [6.45, 7) is 0.654. The summed E-state index contributed by atoms with van der Waals surface area (Å²) in [5.41, 5.74) is 5.77. The highest BCUT2D eigenvalue weighted by Gasteiger charge is 2.30. The molecule has 0 aromatic heterocycles. The molecule has 0 aliphatic heterocycles. The highest BCUT2D eigenvalue weighted by atomic mass is 19.4. The number of carbonyl (C=O) groups excluding carboxylic acids is 1. The lowest BCUT2D eigenvalue weighted by atomic mass is 9.75. The molecule has 0 bridgehead atoms. The highest BCUT2D eigenvalue weighted by Crippen LogP contribution is 2.23. The largest absolute Gasteiger partial charge is 0.509 e. The van der Waals surface area contributed by atoms with Gasteiger partial charge in [-0.15, -0.1) is 5.46 Å². The number of ether oxygens (including phenoxy) is 1. The third-order valence-corrected chi connectivity index (χ3v) is 2.56. The van der Waals surface area contributed by atoms with E-state index in [1.165, 1.54) is 6.92 Å². The van der Waals surface area contributed by atoms with E-state index in [2.05, 4.69) is 10.0 Å². The molecule has 0 heterocycles. The lowest BCUT2D eigenvalue weighted by molar-refractivity contribution is 0.00689. The number of benzene rings is 1. The van der Waals surface area contributed by atoms with Gasteiger partial charge in [0.2, 0.25) is 0 Å². The van der Waals surface area contributed by atoms with Crippen molar-refractivity contribution < 1.29 is 22.5 Å². The summed E-state index contributed by atoms with van der Waals surface area (Å²) < 4.78 is 44.1. The lowest BCUT2D eigenvalue weighted by Crippen LogP contribution is -2.37. The number of hydrogen-bond acceptors (Lipinski definition) is 3. The number of hydrogen-bond donors (Lipinski definition) is 0. The first-order valence-corrected chi connectivity index (χ1v) is 6.08. The van der Waals surface area contributed by atoms with E-state index < -0.39 is 24.0 Å². The molecule has 1 aromatic rings. The van der Waals surface area contributed by atoms with Crippen LogP contribution in [0.4, 0.5) is 18.6 Å². The molecule has 9 heteroatoms. The zero-order valence-electron chi connectivity index (χ0n) is 12.0. The molecule has 0 fully saturated rings. The summed E-state index contributed by atoms with van der Waals surface area (Å²) in [6, 6.07) is 1.82. The van der Waals surface area contributed by atoms with Crippen LogP contribution in [-0.2, 0) is 4.74 Å². The molecule has 0 amide bonds. The molecule has 0 unspecified atom stereocenters. The molecule has 21 heavy (non-hydrogen) atoms. The Labute approximate surface area is 119 Å². The van der Waals surface area contributed by atoms with E-state index in [-0.39, 0.29) is 16.8 Å². The first-order valence-electron chi connectivity index (χ1n) is 6.08. The SMILES string of the molecule is Cc1c(C(=O)OC(C)(C)C)cc(N=[N+]=[N-])cc1[B-](F)(F)F. The van der Waals surface area contributed by atoms with Crippen LogP contribution in [0.15, 0.2) is 17.2 Å². The third-order valence-electron chi connectivity index (χ3n) is 2.56. The summed E-state index contributed by atoms with van der Waals surface area (Å²) in [5.74, 6) is -0.892. The van der Waals surface area contributed by atoms with Crippen molar-refractivity contribution in [3.05, 3.63) is 33.7 Å². The molecule has 0 radical (unpaired) electrons. The predicted molar refractivity (Wildman–Crippen MR) is 73.9 cm³/mol. The van der Waals surface area contributed by atoms with Gasteiger partial charge in [-0.25, -0.2) is 4.79 Å². The van der Waals surface area contributed by atoms with Crippen molar-refractivity contribution in [3.8, 4) is 0 Å². The zero-order valence-corrected chi connectivity index (χ0v) is 12.0. The van der Waals surface area contributed by atoms with E-state index in [9.17, 15) is 17.7 Å². The second-order valence-corrected chi connectivity index (χ2v) is 5.47. The Kier molecular flexibility index (Phi) is 4.58. The number of rotatable bonds is 3. The number of nitrogens with zero attached hydrogens (tertiary/aromatic N) is 3. The van der Waals surface area contributed by atoms with Gasteiger partial charge in [-0.3, -0.25) is 0 Å². The van der Waals surface area contributed by atoms with Gasteiger partial charge in [0, 0.05) is 10.6 Å². The van der Waals surface area contributed by atoms with Gasteiger partial charge in [-0.05, 0) is 39.3 Å². The van der Waals surface area contributed by atoms with Crippen LogP contribution in [0.2, 0.25) is 0 Å². The predicted octanol–water partition coefficient (Wildman–Crippen LogP) is 3.95. The van der Waals surface area contributed by atoms with Crippen molar-refractivity contribution >= 4 is 24.1 Å². The quantitative estimate of drug-likeness (QED) is 0.279. The van der Waals surface area contributed by atoms with Crippen LogP contribution in [-0.4, -0.2) is 18.5 Å². The molecular formula is C12H14BF3N3O2-. The first kappa shape index (κ1) is 16.9. The van der Waals surface area contributed by atoms with Crippen molar-refractivity contribution in [2.45, 2.75) is 33.3 Å². The average Bonchev–Trinajstić information content (AvgIpc) is 2.27. The van der Waals surface area contributed by atoms with Crippen molar-refractivity contribution in [2.75, 3.05) is 0 Å². The molecule has 0 saturated heterocycles. The second kappa shape index (κ2) is 5.69. The van der Waals surface area contributed by atoms with Crippen LogP contribution >= 0.6 is 0 Å². The smallest absolute Gasteiger partial charge is 0.456 e. The minimum atomic E-state index is -5.34. The molecule has 0 aliphatic carbocycles. The Morgan fingerprint density at radius 2 is 1.90 bits per heavy atom. The van der Waals surface area contributed by atoms with Gasteiger partial charge in [0.15, 0.2) is 0 Å².